The maximum absolute atomic E-state index is 12.6. The number of alkyl halides is 9. The van der Waals surface area contributed by atoms with Crippen LogP contribution in [0.25, 0.3) is 0 Å². The van der Waals surface area contributed by atoms with Gasteiger partial charge in [-0.1, -0.05) is 20.4 Å². The van der Waals surface area contributed by atoms with Gasteiger partial charge in [0, 0.05) is 5.57 Å². The molecule has 0 rings (SSSR count). The topological polar surface area (TPSA) is 52.6 Å². The summed E-state index contributed by atoms with van der Waals surface area (Å²) in [6.45, 7) is 5.36. The molecule has 0 fully saturated rings. The van der Waals surface area contributed by atoms with E-state index in [-0.39, 0.29) is 0 Å². The zero-order valence-corrected chi connectivity index (χ0v) is 14.3. The van der Waals surface area contributed by atoms with E-state index >= 15 is 0 Å². The molecule has 0 radical (unpaired) electrons. The summed E-state index contributed by atoms with van der Waals surface area (Å²) in [5, 5.41) is 0. The van der Waals surface area contributed by atoms with Crippen molar-refractivity contribution in [3.05, 3.63) is 12.2 Å². The Morgan fingerprint density at radius 3 is 1.70 bits per heavy atom. The van der Waals surface area contributed by atoms with E-state index in [4.69, 9.17) is 0 Å². The number of rotatable bonds is 6. The van der Waals surface area contributed by atoms with Crippen molar-refractivity contribution in [3.63, 3.8) is 0 Å². The van der Waals surface area contributed by atoms with Crippen molar-refractivity contribution in [2.24, 2.45) is 5.92 Å². The molecule has 4 nitrogen and oxygen atoms in total. The van der Waals surface area contributed by atoms with Gasteiger partial charge < -0.3 is 9.47 Å². The third kappa shape index (κ3) is 14.9. The van der Waals surface area contributed by atoms with Crippen LogP contribution in [0.15, 0.2) is 12.2 Å². The van der Waals surface area contributed by atoms with E-state index in [0.717, 1.165) is 6.92 Å². The lowest BCUT2D eigenvalue weighted by Crippen LogP contribution is -2.38. The average Bonchev–Trinajstić information content (AvgIpc) is 2.41. The standard InChI is InChI=1S/C8H8F6O2.C6H9F3O2/c1-4(2)6(15)16-8(13,14)5(9)3-7(10,11)12;1-4(2)5(10)11-3-6(7,8)9/h5H,1,3H2,2H3;4H,3H2,1-2H3. The van der Waals surface area contributed by atoms with Crippen LogP contribution < -0.4 is 0 Å². The first-order valence-electron chi connectivity index (χ1n) is 6.99. The highest BCUT2D eigenvalue weighted by molar-refractivity contribution is 5.87. The third-order valence-corrected chi connectivity index (χ3v) is 2.20. The van der Waals surface area contributed by atoms with Crippen LogP contribution in [0, 0.1) is 5.92 Å². The smallest absolute Gasteiger partial charge is 0.432 e. The maximum atomic E-state index is 12.6. The van der Waals surface area contributed by atoms with Gasteiger partial charge >= 0.3 is 30.4 Å². The molecule has 0 aliphatic heterocycles. The third-order valence-electron chi connectivity index (χ3n) is 2.20. The highest BCUT2D eigenvalue weighted by Crippen LogP contribution is 2.33. The molecule has 0 saturated carbocycles. The van der Waals surface area contributed by atoms with E-state index in [2.05, 4.69) is 16.1 Å². The lowest BCUT2D eigenvalue weighted by molar-refractivity contribution is -0.275. The number of carbonyl (C=O) groups is 2. The summed E-state index contributed by atoms with van der Waals surface area (Å²) in [6.07, 6.45) is -20.4. The maximum Gasteiger partial charge on any atom is 0.432 e. The lowest BCUT2D eigenvalue weighted by atomic mass is 10.2. The van der Waals surface area contributed by atoms with Gasteiger partial charge in [-0.05, 0) is 6.92 Å². The zero-order valence-electron chi connectivity index (χ0n) is 14.3. The van der Waals surface area contributed by atoms with Gasteiger partial charge in [0.25, 0.3) is 0 Å². The van der Waals surface area contributed by atoms with E-state index in [1.807, 2.05) is 0 Å². The molecule has 0 aromatic carbocycles. The monoisotopic (exact) mass is 420 g/mol. The quantitative estimate of drug-likeness (QED) is 0.354. The minimum absolute atomic E-state index is 0.473. The molecule has 0 bridgehead atoms. The molecule has 0 aromatic rings. The summed E-state index contributed by atoms with van der Waals surface area (Å²) in [7, 11) is 0. The van der Waals surface area contributed by atoms with Crippen LogP contribution in [0.3, 0.4) is 0 Å². The van der Waals surface area contributed by atoms with Crippen molar-refractivity contribution in [2.45, 2.75) is 51.8 Å². The first-order chi connectivity index (χ1) is 11.8. The number of carbonyl (C=O) groups excluding carboxylic acids is 2. The van der Waals surface area contributed by atoms with Crippen molar-refractivity contribution in [2.75, 3.05) is 6.61 Å². The molecule has 0 amide bonds. The van der Waals surface area contributed by atoms with E-state index in [9.17, 15) is 49.1 Å². The first kappa shape index (κ1) is 27.3. The molecule has 0 aliphatic rings. The second-order valence-corrected chi connectivity index (χ2v) is 5.40. The highest BCUT2D eigenvalue weighted by atomic mass is 19.4. The Kier molecular flexibility index (Phi) is 10.5. The summed E-state index contributed by atoms with van der Waals surface area (Å²) in [6, 6.07) is 0. The molecule has 0 spiro atoms. The van der Waals surface area contributed by atoms with Gasteiger partial charge in [0.2, 0.25) is 6.17 Å². The molecule has 1 atom stereocenters. The summed E-state index contributed by atoms with van der Waals surface area (Å²) < 4.78 is 114. The Morgan fingerprint density at radius 2 is 1.41 bits per heavy atom. The molecular weight excluding hydrogens is 403 g/mol. The Balaban J connectivity index is 0. The fraction of sp³-hybridized carbons (Fsp3) is 0.714. The number of esters is 2. The van der Waals surface area contributed by atoms with E-state index in [1.54, 1.807) is 0 Å². The van der Waals surface area contributed by atoms with Crippen molar-refractivity contribution in [1.29, 1.82) is 0 Å². The highest BCUT2D eigenvalue weighted by Gasteiger charge is 2.50. The van der Waals surface area contributed by atoms with Crippen LogP contribution >= 0.6 is 0 Å². The summed E-state index contributed by atoms with van der Waals surface area (Å²) in [5.41, 5.74) is -0.473. The van der Waals surface area contributed by atoms with Crippen LogP contribution in [-0.4, -0.2) is 43.2 Å². The van der Waals surface area contributed by atoms with Crippen LogP contribution in [0.2, 0.25) is 0 Å². The largest absolute Gasteiger partial charge is 0.456 e. The molecule has 160 valence electrons. The minimum atomic E-state index is -5.11. The molecule has 0 aromatic heterocycles. The Labute approximate surface area is 148 Å². The minimum Gasteiger partial charge on any atom is -0.456 e. The van der Waals surface area contributed by atoms with Crippen molar-refractivity contribution >= 4 is 11.9 Å². The molecule has 0 aliphatic carbocycles. The zero-order chi connectivity index (χ0) is 22.2. The van der Waals surface area contributed by atoms with Crippen molar-refractivity contribution in [3.8, 4) is 0 Å². The van der Waals surface area contributed by atoms with Crippen molar-refractivity contribution in [1.82, 2.24) is 0 Å². The van der Waals surface area contributed by atoms with Crippen LogP contribution in [0.1, 0.15) is 27.2 Å². The molecule has 13 heteroatoms. The average molecular weight is 420 g/mol. The molecule has 0 N–H and O–H groups in total. The fourth-order valence-corrected chi connectivity index (χ4v) is 0.916. The van der Waals surface area contributed by atoms with Gasteiger partial charge in [-0.25, -0.2) is 9.18 Å². The van der Waals surface area contributed by atoms with Crippen molar-refractivity contribution < 1.29 is 58.6 Å². The second kappa shape index (κ2) is 10.4. The molecule has 27 heavy (non-hydrogen) atoms. The van der Waals surface area contributed by atoms with Gasteiger partial charge in [0.1, 0.15) is 0 Å². The van der Waals surface area contributed by atoms with E-state index < -0.39 is 61.1 Å². The first-order valence-corrected chi connectivity index (χ1v) is 6.99. The van der Waals surface area contributed by atoms with Gasteiger partial charge in [-0.3, -0.25) is 4.79 Å². The summed E-state index contributed by atoms with van der Waals surface area (Å²) >= 11 is 0. The van der Waals surface area contributed by atoms with Gasteiger partial charge in [-0.15, -0.1) is 0 Å². The second-order valence-electron chi connectivity index (χ2n) is 5.40. The van der Waals surface area contributed by atoms with Gasteiger partial charge in [-0.2, -0.15) is 35.1 Å². The predicted molar refractivity (Wildman–Crippen MR) is 73.3 cm³/mol. The van der Waals surface area contributed by atoms with E-state index in [1.165, 1.54) is 13.8 Å². The SMILES string of the molecule is C=C(C)C(=O)OC(F)(F)C(F)CC(F)(F)F.CC(C)C(=O)OCC(F)(F)F. The Hall–Kier alpha value is -1.95. The number of hydrogen-bond donors (Lipinski definition) is 0. The molecule has 1 unspecified atom stereocenters. The normalized spacial score (nSPS) is 13.4. The molecule has 0 heterocycles. The van der Waals surface area contributed by atoms with E-state index in [0.29, 0.717) is 0 Å². The van der Waals surface area contributed by atoms with Crippen LogP contribution in [0.4, 0.5) is 39.5 Å². The van der Waals surface area contributed by atoms with Gasteiger partial charge in [0.15, 0.2) is 6.61 Å². The van der Waals surface area contributed by atoms with Gasteiger partial charge in [0.05, 0.1) is 12.3 Å². The Bertz CT molecular complexity index is 510. The lowest BCUT2D eigenvalue weighted by Gasteiger charge is -2.21. The fourth-order valence-electron chi connectivity index (χ4n) is 0.916. The number of hydrogen-bond acceptors (Lipinski definition) is 4. The summed E-state index contributed by atoms with van der Waals surface area (Å²) in [5.74, 6) is -3.01. The number of ether oxygens (including phenoxy) is 2. The predicted octanol–water partition coefficient (Wildman–Crippen LogP) is 4.74. The van der Waals surface area contributed by atoms with Crippen LogP contribution in [0.5, 0.6) is 0 Å². The molecule has 0 saturated heterocycles. The van der Waals surface area contributed by atoms with Crippen LogP contribution in [-0.2, 0) is 19.1 Å². The molecular formula is C14H17F9O4. The summed E-state index contributed by atoms with van der Waals surface area (Å²) in [4.78, 5) is 21.0. The Morgan fingerprint density at radius 1 is 0.963 bits per heavy atom. The number of halogens is 9.